The summed E-state index contributed by atoms with van der Waals surface area (Å²) in [5.74, 6) is 0.547. The second-order valence-electron chi connectivity index (χ2n) is 5.70. The van der Waals surface area contributed by atoms with Crippen molar-refractivity contribution in [3.05, 3.63) is 24.3 Å². The summed E-state index contributed by atoms with van der Waals surface area (Å²) in [6.07, 6.45) is 0. The van der Waals surface area contributed by atoms with Gasteiger partial charge in [-0.25, -0.2) is 0 Å². The van der Waals surface area contributed by atoms with Gasteiger partial charge in [-0.3, -0.25) is 4.79 Å². The molecule has 0 radical (unpaired) electrons. The summed E-state index contributed by atoms with van der Waals surface area (Å²) in [7, 11) is 1.63. The van der Waals surface area contributed by atoms with Crippen LogP contribution in [0.4, 0.5) is 5.69 Å². The molecule has 0 saturated carbocycles. The summed E-state index contributed by atoms with van der Waals surface area (Å²) in [6, 6.07) is 6.62. The highest BCUT2D eigenvalue weighted by atomic mass is 35.5. The fourth-order valence-corrected chi connectivity index (χ4v) is 1.49. The minimum Gasteiger partial charge on any atom is -0.491 e. The Hall–Kier alpha value is -1.30. The minimum absolute atomic E-state index is 0. The molecule has 0 fully saturated rings. The van der Waals surface area contributed by atoms with Crippen LogP contribution in [0.15, 0.2) is 24.3 Å². The first kappa shape index (κ1) is 19.7. The van der Waals surface area contributed by atoms with Crippen molar-refractivity contribution in [1.29, 1.82) is 0 Å². The highest BCUT2D eigenvalue weighted by molar-refractivity contribution is 5.95. The molecule has 0 saturated heterocycles. The van der Waals surface area contributed by atoms with Crippen LogP contribution in [-0.4, -0.2) is 32.3 Å². The summed E-state index contributed by atoms with van der Waals surface area (Å²) >= 11 is 0. The van der Waals surface area contributed by atoms with Crippen LogP contribution in [0.3, 0.4) is 0 Å². The third-order valence-corrected chi connectivity index (χ3v) is 2.89. The van der Waals surface area contributed by atoms with Crippen molar-refractivity contribution in [2.24, 2.45) is 11.1 Å². The average molecular weight is 317 g/mol. The molecule has 0 aliphatic heterocycles. The predicted molar refractivity (Wildman–Crippen MR) is 87.1 cm³/mol. The van der Waals surface area contributed by atoms with Gasteiger partial charge >= 0.3 is 0 Å². The Morgan fingerprint density at radius 1 is 1.24 bits per heavy atom. The zero-order valence-corrected chi connectivity index (χ0v) is 13.8. The van der Waals surface area contributed by atoms with Crippen LogP contribution in [0.5, 0.6) is 5.75 Å². The average Bonchev–Trinajstić information content (AvgIpc) is 2.39. The van der Waals surface area contributed by atoms with Crippen molar-refractivity contribution in [2.75, 3.05) is 25.6 Å². The molecule has 1 rings (SSSR count). The van der Waals surface area contributed by atoms with E-state index < -0.39 is 6.04 Å². The summed E-state index contributed by atoms with van der Waals surface area (Å²) in [4.78, 5) is 12.0. The monoisotopic (exact) mass is 316 g/mol. The Bertz CT molecular complexity index is 430. The van der Waals surface area contributed by atoms with Gasteiger partial charge < -0.3 is 20.5 Å². The van der Waals surface area contributed by atoms with E-state index >= 15 is 0 Å². The second-order valence-corrected chi connectivity index (χ2v) is 5.70. The second kappa shape index (κ2) is 8.87. The lowest BCUT2D eigenvalue weighted by atomic mass is 9.87. The van der Waals surface area contributed by atoms with Crippen molar-refractivity contribution in [3.8, 4) is 5.75 Å². The Labute approximate surface area is 132 Å². The number of ether oxygens (including phenoxy) is 2. The van der Waals surface area contributed by atoms with Crippen molar-refractivity contribution >= 4 is 24.0 Å². The molecule has 0 aliphatic rings. The Morgan fingerprint density at radius 3 is 2.29 bits per heavy atom. The van der Waals surface area contributed by atoms with Crippen LogP contribution in [0.2, 0.25) is 0 Å². The van der Waals surface area contributed by atoms with Gasteiger partial charge in [-0.05, 0) is 29.7 Å². The lowest BCUT2D eigenvalue weighted by Crippen LogP contribution is -2.45. The zero-order chi connectivity index (χ0) is 15.2. The lowest BCUT2D eigenvalue weighted by Gasteiger charge is -2.25. The molecule has 21 heavy (non-hydrogen) atoms. The smallest absolute Gasteiger partial charge is 0.241 e. The molecule has 5 nitrogen and oxygen atoms in total. The predicted octanol–water partition coefficient (Wildman–Crippen LogP) is 2.45. The summed E-state index contributed by atoms with van der Waals surface area (Å²) < 4.78 is 10.3. The minimum atomic E-state index is -0.555. The number of halogens is 1. The lowest BCUT2D eigenvalue weighted by molar-refractivity contribution is -0.119. The molecule has 1 atom stereocenters. The van der Waals surface area contributed by atoms with Crippen molar-refractivity contribution in [2.45, 2.75) is 26.8 Å². The normalized spacial score (nSPS) is 12.2. The number of nitrogens with two attached hydrogens (primary N) is 1. The van der Waals surface area contributed by atoms with Gasteiger partial charge in [0.2, 0.25) is 5.91 Å². The number of carbonyl (C=O) groups is 1. The van der Waals surface area contributed by atoms with E-state index in [1.807, 2.05) is 20.8 Å². The number of rotatable bonds is 6. The van der Waals surface area contributed by atoms with E-state index in [0.29, 0.717) is 18.9 Å². The molecule has 0 heterocycles. The largest absolute Gasteiger partial charge is 0.491 e. The van der Waals surface area contributed by atoms with E-state index in [1.165, 1.54) is 0 Å². The fraction of sp³-hybridized carbons (Fsp3) is 0.533. The Kier molecular flexibility index (Phi) is 8.32. The molecule has 0 unspecified atom stereocenters. The molecule has 1 aromatic rings. The Morgan fingerprint density at radius 2 is 1.81 bits per heavy atom. The van der Waals surface area contributed by atoms with Gasteiger partial charge in [0, 0.05) is 12.8 Å². The maximum atomic E-state index is 12.0. The van der Waals surface area contributed by atoms with E-state index in [2.05, 4.69) is 5.32 Å². The highest BCUT2D eigenvalue weighted by Gasteiger charge is 2.27. The van der Waals surface area contributed by atoms with E-state index in [-0.39, 0.29) is 23.7 Å². The maximum absolute atomic E-state index is 12.0. The molecule has 6 heteroatoms. The van der Waals surface area contributed by atoms with Gasteiger partial charge in [0.05, 0.1) is 12.6 Å². The van der Waals surface area contributed by atoms with Crippen LogP contribution >= 0.6 is 12.4 Å². The highest BCUT2D eigenvalue weighted by Crippen LogP contribution is 2.20. The third-order valence-electron chi connectivity index (χ3n) is 2.89. The number of hydrogen-bond acceptors (Lipinski definition) is 4. The summed E-state index contributed by atoms with van der Waals surface area (Å²) in [6.45, 7) is 6.84. The quantitative estimate of drug-likeness (QED) is 0.791. The van der Waals surface area contributed by atoms with Crippen LogP contribution < -0.4 is 15.8 Å². The topological polar surface area (TPSA) is 73.6 Å². The van der Waals surface area contributed by atoms with Gasteiger partial charge in [-0.1, -0.05) is 20.8 Å². The number of nitrogens with one attached hydrogen (secondary N) is 1. The van der Waals surface area contributed by atoms with Crippen LogP contribution in [0.25, 0.3) is 0 Å². The van der Waals surface area contributed by atoms with Gasteiger partial charge in [-0.2, -0.15) is 0 Å². The van der Waals surface area contributed by atoms with Crippen molar-refractivity contribution < 1.29 is 14.3 Å². The third kappa shape index (κ3) is 6.80. The molecule has 120 valence electrons. The number of hydrogen-bond donors (Lipinski definition) is 2. The molecular formula is C15H25ClN2O3. The van der Waals surface area contributed by atoms with Crippen LogP contribution in [-0.2, 0) is 9.53 Å². The van der Waals surface area contributed by atoms with Crippen molar-refractivity contribution in [1.82, 2.24) is 0 Å². The molecule has 1 aromatic carbocycles. The Balaban J connectivity index is 0.00000400. The van der Waals surface area contributed by atoms with E-state index in [0.717, 1.165) is 5.75 Å². The zero-order valence-electron chi connectivity index (χ0n) is 13.0. The van der Waals surface area contributed by atoms with Gasteiger partial charge in [-0.15, -0.1) is 12.4 Å². The SMILES string of the molecule is COCCOc1ccc(NC(=O)[C@@H](N)C(C)(C)C)cc1.Cl. The first-order valence-electron chi connectivity index (χ1n) is 6.63. The molecular weight excluding hydrogens is 292 g/mol. The first-order valence-corrected chi connectivity index (χ1v) is 6.63. The molecule has 3 N–H and O–H groups in total. The van der Waals surface area contributed by atoms with Gasteiger partial charge in [0.25, 0.3) is 0 Å². The van der Waals surface area contributed by atoms with E-state index in [4.69, 9.17) is 15.2 Å². The molecule has 0 spiro atoms. The maximum Gasteiger partial charge on any atom is 0.241 e. The molecule has 1 amide bonds. The molecule has 0 aromatic heterocycles. The summed E-state index contributed by atoms with van der Waals surface area (Å²) in [5, 5.41) is 2.80. The van der Waals surface area contributed by atoms with Crippen LogP contribution in [0, 0.1) is 5.41 Å². The van der Waals surface area contributed by atoms with E-state index in [1.54, 1.807) is 31.4 Å². The molecule has 0 bridgehead atoms. The number of benzene rings is 1. The number of anilines is 1. The van der Waals surface area contributed by atoms with Gasteiger partial charge in [0.1, 0.15) is 12.4 Å². The fourth-order valence-electron chi connectivity index (χ4n) is 1.49. The number of amides is 1. The van der Waals surface area contributed by atoms with Gasteiger partial charge in [0.15, 0.2) is 0 Å². The van der Waals surface area contributed by atoms with Crippen molar-refractivity contribution in [3.63, 3.8) is 0 Å². The standard InChI is InChI=1S/C15H24N2O3.ClH/c1-15(2,3)13(16)14(18)17-11-5-7-12(8-6-11)20-10-9-19-4;/h5-8,13H,9-10,16H2,1-4H3,(H,17,18);1H/t13-;/m1./s1. The number of methoxy groups -OCH3 is 1. The summed E-state index contributed by atoms with van der Waals surface area (Å²) in [5.41, 5.74) is 6.33. The first-order chi connectivity index (χ1) is 9.34. The number of carbonyl (C=O) groups excluding carboxylic acids is 1. The van der Waals surface area contributed by atoms with Crippen LogP contribution in [0.1, 0.15) is 20.8 Å². The van der Waals surface area contributed by atoms with E-state index in [9.17, 15) is 4.79 Å². The molecule has 0 aliphatic carbocycles.